The lowest BCUT2D eigenvalue weighted by Crippen LogP contribution is -2.43. The second-order valence-electron chi connectivity index (χ2n) is 9.98. The Kier molecular flexibility index (Phi) is 4.53. The summed E-state index contributed by atoms with van der Waals surface area (Å²) >= 11 is 0. The number of hydrogen-bond donors (Lipinski definition) is 1. The number of aryl methyl sites for hydroxylation is 1. The van der Waals surface area contributed by atoms with Crippen LogP contribution in [0.2, 0.25) is 0 Å². The third-order valence-electron chi connectivity index (χ3n) is 7.24. The van der Waals surface area contributed by atoms with E-state index in [0.29, 0.717) is 23.5 Å². The number of aliphatic hydroxyl groups is 1. The molecule has 2 saturated carbocycles. The number of hydrogen-bond acceptors (Lipinski definition) is 4. The molecule has 1 N–H and O–H groups in total. The molecule has 27 heavy (non-hydrogen) atoms. The summed E-state index contributed by atoms with van der Waals surface area (Å²) in [6, 6.07) is 6.08. The van der Waals surface area contributed by atoms with Gasteiger partial charge in [0.15, 0.2) is 0 Å². The van der Waals surface area contributed by atoms with Crippen LogP contribution in [0.3, 0.4) is 0 Å². The highest BCUT2D eigenvalue weighted by atomic mass is 16.7. The largest absolute Gasteiger partial charge is 0.514 e. The molecule has 0 saturated heterocycles. The van der Waals surface area contributed by atoms with E-state index >= 15 is 0 Å². The van der Waals surface area contributed by atoms with Gasteiger partial charge in [-0.1, -0.05) is 13.0 Å². The predicted octanol–water partition coefficient (Wildman–Crippen LogP) is 5.22. The Morgan fingerprint density at radius 3 is 2.70 bits per heavy atom. The summed E-state index contributed by atoms with van der Waals surface area (Å²) in [5.41, 5.74) is 2.28. The highest BCUT2D eigenvalue weighted by Crippen LogP contribution is 2.60. The maximum Gasteiger partial charge on any atom is 0.514 e. The van der Waals surface area contributed by atoms with E-state index in [2.05, 4.69) is 13.0 Å². The summed E-state index contributed by atoms with van der Waals surface area (Å²) in [5, 5.41) is 10.5. The molecule has 0 amide bonds. The Balaban J connectivity index is 1.52. The van der Waals surface area contributed by atoms with Gasteiger partial charge in [-0.25, -0.2) is 4.79 Å². The highest BCUT2D eigenvalue weighted by molar-refractivity contribution is 5.64. The summed E-state index contributed by atoms with van der Waals surface area (Å²) in [6.07, 6.45) is 5.78. The van der Waals surface area contributed by atoms with Crippen molar-refractivity contribution in [2.24, 2.45) is 17.3 Å². The van der Waals surface area contributed by atoms with Crippen LogP contribution in [0, 0.1) is 17.3 Å². The van der Waals surface area contributed by atoms with Gasteiger partial charge in [0.1, 0.15) is 11.4 Å². The van der Waals surface area contributed by atoms with Crippen LogP contribution < -0.4 is 4.74 Å². The molecular formula is C23H32O4. The van der Waals surface area contributed by atoms with Crippen LogP contribution in [0.1, 0.15) is 76.8 Å². The van der Waals surface area contributed by atoms with Crippen LogP contribution in [0.15, 0.2) is 18.2 Å². The average Bonchev–Trinajstić information content (AvgIpc) is 2.88. The molecule has 0 aliphatic heterocycles. The minimum absolute atomic E-state index is 0.110. The first kappa shape index (κ1) is 18.8. The van der Waals surface area contributed by atoms with Crippen molar-refractivity contribution in [1.29, 1.82) is 0 Å². The molecule has 4 nitrogen and oxygen atoms in total. The van der Waals surface area contributed by atoms with Gasteiger partial charge in [-0.2, -0.15) is 0 Å². The van der Waals surface area contributed by atoms with Gasteiger partial charge in [0, 0.05) is 0 Å². The lowest BCUT2D eigenvalue weighted by molar-refractivity contribution is -0.0226. The van der Waals surface area contributed by atoms with E-state index in [4.69, 9.17) is 9.47 Å². The van der Waals surface area contributed by atoms with E-state index in [9.17, 15) is 9.90 Å². The maximum atomic E-state index is 11.9. The smallest absolute Gasteiger partial charge is 0.428 e. The lowest BCUT2D eigenvalue weighted by atomic mass is 9.55. The van der Waals surface area contributed by atoms with Gasteiger partial charge in [0.05, 0.1) is 6.10 Å². The zero-order valence-corrected chi connectivity index (χ0v) is 17.0. The number of carbonyl (C=O) groups excluding carboxylic acids is 1. The van der Waals surface area contributed by atoms with Crippen molar-refractivity contribution in [3.63, 3.8) is 0 Å². The molecule has 4 heteroatoms. The monoisotopic (exact) mass is 372 g/mol. The molecule has 5 atom stereocenters. The summed E-state index contributed by atoms with van der Waals surface area (Å²) in [6.45, 7) is 7.80. The van der Waals surface area contributed by atoms with Crippen molar-refractivity contribution in [2.75, 3.05) is 0 Å². The molecule has 0 heterocycles. The first-order chi connectivity index (χ1) is 12.7. The molecule has 0 aromatic heterocycles. The number of ether oxygens (including phenoxy) is 2. The van der Waals surface area contributed by atoms with Crippen molar-refractivity contribution in [1.82, 2.24) is 0 Å². The Hall–Kier alpha value is -1.55. The fourth-order valence-electron chi connectivity index (χ4n) is 5.96. The van der Waals surface area contributed by atoms with Crippen molar-refractivity contribution < 1.29 is 19.4 Å². The molecular weight excluding hydrogens is 340 g/mol. The van der Waals surface area contributed by atoms with Crippen LogP contribution >= 0.6 is 0 Å². The highest BCUT2D eigenvalue weighted by Gasteiger charge is 2.54. The molecule has 2 fully saturated rings. The summed E-state index contributed by atoms with van der Waals surface area (Å²) in [4.78, 5) is 11.9. The molecule has 148 valence electrons. The number of benzene rings is 1. The number of rotatable bonds is 1. The molecule has 0 spiro atoms. The number of aliphatic hydroxyl groups excluding tert-OH is 1. The number of carbonyl (C=O) groups is 1. The standard InChI is InChI=1S/C23H32O4/c1-22(2,3)27-21(25)26-15-6-8-16-14(13-15)5-7-18-17(16)11-12-23(4)19(18)9-10-20(23)24/h6,8,13,17-20,24H,5,7,9-12H2,1-4H3/t17?,18?,19?,20-,23-/m0/s1. The lowest BCUT2D eigenvalue weighted by Gasteiger charge is -2.50. The maximum absolute atomic E-state index is 11.9. The van der Waals surface area contributed by atoms with Gasteiger partial charge in [0.25, 0.3) is 0 Å². The molecule has 0 bridgehead atoms. The molecule has 1 aromatic carbocycles. The third kappa shape index (κ3) is 3.37. The molecule has 3 unspecified atom stereocenters. The topological polar surface area (TPSA) is 55.8 Å². The summed E-state index contributed by atoms with van der Waals surface area (Å²) in [7, 11) is 0. The summed E-state index contributed by atoms with van der Waals surface area (Å²) in [5.74, 6) is 2.45. The minimum atomic E-state index is -0.649. The van der Waals surface area contributed by atoms with Crippen molar-refractivity contribution >= 4 is 6.16 Å². The first-order valence-electron chi connectivity index (χ1n) is 10.4. The van der Waals surface area contributed by atoms with E-state index < -0.39 is 11.8 Å². The average molecular weight is 373 g/mol. The van der Waals surface area contributed by atoms with Crippen molar-refractivity contribution in [3.8, 4) is 5.75 Å². The second kappa shape index (κ2) is 6.51. The van der Waals surface area contributed by atoms with Gasteiger partial charge in [-0.15, -0.1) is 0 Å². The van der Waals surface area contributed by atoms with Crippen molar-refractivity contribution in [2.45, 2.75) is 83.8 Å². The van der Waals surface area contributed by atoms with E-state index in [1.54, 1.807) is 0 Å². The second-order valence-corrected chi connectivity index (χ2v) is 9.98. The van der Waals surface area contributed by atoms with Crippen molar-refractivity contribution in [3.05, 3.63) is 29.3 Å². The molecule has 3 aliphatic carbocycles. The molecule has 4 rings (SSSR count). The van der Waals surface area contributed by atoms with Crippen LogP contribution in [-0.2, 0) is 11.2 Å². The van der Waals surface area contributed by atoms with Crippen LogP contribution in [0.4, 0.5) is 4.79 Å². The predicted molar refractivity (Wildman–Crippen MR) is 104 cm³/mol. The normalized spacial score (nSPS) is 35.0. The van der Waals surface area contributed by atoms with Gasteiger partial charge < -0.3 is 14.6 Å². The van der Waals surface area contributed by atoms with Gasteiger partial charge in [-0.05, 0) is 106 Å². The van der Waals surface area contributed by atoms with Crippen LogP contribution in [0.25, 0.3) is 0 Å². The van der Waals surface area contributed by atoms with E-state index in [1.165, 1.54) is 17.5 Å². The molecule has 0 radical (unpaired) electrons. The Morgan fingerprint density at radius 2 is 1.96 bits per heavy atom. The first-order valence-corrected chi connectivity index (χ1v) is 10.4. The van der Waals surface area contributed by atoms with Crippen LogP contribution in [-0.4, -0.2) is 23.0 Å². The zero-order chi connectivity index (χ0) is 19.4. The Labute approximate surface area is 162 Å². The summed E-state index contributed by atoms with van der Waals surface area (Å²) < 4.78 is 10.7. The Morgan fingerprint density at radius 1 is 1.19 bits per heavy atom. The molecule has 3 aliphatic rings. The minimum Gasteiger partial charge on any atom is -0.428 e. The van der Waals surface area contributed by atoms with E-state index in [-0.39, 0.29) is 11.5 Å². The van der Waals surface area contributed by atoms with Crippen LogP contribution in [0.5, 0.6) is 5.75 Å². The van der Waals surface area contributed by atoms with E-state index in [1.807, 2.05) is 32.9 Å². The zero-order valence-electron chi connectivity index (χ0n) is 17.0. The third-order valence-corrected chi connectivity index (χ3v) is 7.24. The fraction of sp³-hybridized carbons (Fsp3) is 0.696. The quantitative estimate of drug-likeness (QED) is 0.542. The SMILES string of the molecule is CC(C)(C)OC(=O)Oc1ccc2c(c1)CCC1C2CC[C@@]2(C)C1CC[C@@H]2O. The molecule has 1 aromatic rings. The van der Waals surface area contributed by atoms with Gasteiger partial charge in [-0.3, -0.25) is 0 Å². The van der Waals surface area contributed by atoms with Gasteiger partial charge in [0.2, 0.25) is 0 Å². The Bertz CT molecular complexity index is 734. The van der Waals surface area contributed by atoms with Gasteiger partial charge >= 0.3 is 6.16 Å². The fourth-order valence-corrected chi connectivity index (χ4v) is 5.96. The number of fused-ring (bicyclic) bond motifs is 5. The van der Waals surface area contributed by atoms with E-state index in [0.717, 1.165) is 32.1 Å².